The minimum Gasteiger partial charge on any atom is -0.353 e. The van der Waals surface area contributed by atoms with Gasteiger partial charge in [0, 0.05) is 6.04 Å². The summed E-state index contributed by atoms with van der Waals surface area (Å²) in [5.74, 6) is 0.693. The van der Waals surface area contributed by atoms with E-state index < -0.39 is 0 Å². The molecule has 1 aromatic heterocycles. The number of carbonyl (C=O) groups excluding carboxylic acids is 1. The van der Waals surface area contributed by atoms with E-state index in [1.165, 1.54) is 11.8 Å². The molecule has 0 aliphatic carbocycles. The minimum absolute atomic E-state index is 0.00817. The average molecular weight is 333 g/mol. The van der Waals surface area contributed by atoms with Gasteiger partial charge in [-0.05, 0) is 60.4 Å². The summed E-state index contributed by atoms with van der Waals surface area (Å²) >= 11 is 1.34. The standard InChI is InChI=1S/C16H23N5OS/c1-10(2)13(5)17-15(22)9-23-16-18-19-20-21(16)14-7-11(3)6-12(4)8-14/h6-8,10,13H,9H2,1-5H3,(H,17,22)/t13-/m1/s1. The maximum atomic E-state index is 12.0. The molecule has 0 unspecified atom stereocenters. The largest absolute Gasteiger partial charge is 0.353 e. The molecule has 0 spiro atoms. The van der Waals surface area contributed by atoms with Crippen LogP contribution in [-0.4, -0.2) is 37.9 Å². The van der Waals surface area contributed by atoms with Crippen LogP contribution in [0.4, 0.5) is 0 Å². The lowest BCUT2D eigenvalue weighted by atomic mass is 10.1. The van der Waals surface area contributed by atoms with Gasteiger partial charge in [-0.3, -0.25) is 4.79 Å². The van der Waals surface area contributed by atoms with Crippen molar-refractivity contribution in [3.05, 3.63) is 29.3 Å². The van der Waals surface area contributed by atoms with Gasteiger partial charge in [-0.1, -0.05) is 31.7 Å². The molecular formula is C16H23N5OS. The molecule has 124 valence electrons. The molecule has 2 aromatic rings. The molecule has 0 bridgehead atoms. The number of benzene rings is 1. The van der Waals surface area contributed by atoms with E-state index in [4.69, 9.17) is 0 Å². The SMILES string of the molecule is Cc1cc(C)cc(-n2nnnc2SCC(=O)N[C@H](C)C(C)C)c1. The van der Waals surface area contributed by atoms with Gasteiger partial charge in [-0.15, -0.1) is 5.10 Å². The van der Waals surface area contributed by atoms with E-state index in [0.717, 1.165) is 16.8 Å². The van der Waals surface area contributed by atoms with Crippen LogP contribution in [0.25, 0.3) is 5.69 Å². The van der Waals surface area contributed by atoms with Crippen molar-refractivity contribution in [3.8, 4) is 5.69 Å². The first-order valence-corrected chi connectivity index (χ1v) is 8.64. The van der Waals surface area contributed by atoms with Crippen LogP contribution in [-0.2, 0) is 4.79 Å². The third kappa shape index (κ3) is 4.79. The number of nitrogens with zero attached hydrogens (tertiary/aromatic N) is 4. The molecule has 1 amide bonds. The van der Waals surface area contributed by atoms with Crippen molar-refractivity contribution < 1.29 is 4.79 Å². The molecule has 1 heterocycles. The number of hydrogen-bond donors (Lipinski definition) is 1. The van der Waals surface area contributed by atoms with Gasteiger partial charge in [0.2, 0.25) is 11.1 Å². The highest BCUT2D eigenvalue weighted by molar-refractivity contribution is 7.99. The number of amides is 1. The second kappa shape index (κ2) is 7.59. The summed E-state index contributed by atoms with van der Waals surface area (Å²) < 4.78 is 1.67. The highest BCUT2D eigenvalue weighted by atomic mass is 32.2. The minimum atomic E-state index is -0.00817. The molecule has 7 heteroatoms. The van der Waals surface area contributed by atoms with Crippen molar-refractivity contribution in [3.63, 3.8) is 0 Å². The third-order valence-corrected chi connectivity index (χ3v) is 4.53. The van der Waals surface area contributed by atoms with E-state index in [1.54, 1.807) is 4.68 Å². The lowest BCUT2D eigenvalue weighted by Crippen LogP contribution is -2.37. The summed E-state index contributed by atoms with van der Waals surface area (Å²) in [4.78, 5) is 12.0. The van der Waals surface area contributed by atoms with Crippen LogP contribution in [0, 0.1) is 19.8 Å². The van der Waals surface area contributed by atoms with Gasteiger partial charge in [0.25, 0.3) is 0 Å². The number of thioether (sulfide) groups is 1. The maximum absolute atomic E-state index is 12.0. The molecule has 0 aliphatic rings. The van der Waals surface area contributed by atoms with Gasteiger partial charge in [0.15, 0.2) is 0 Å². The highest BCUT2D eigenvalue weighted by Crippen LogP contribution is 2.20. The quantitative estimate of drug-likeness (QED) is 0.823. The van der Waals surface area contributed by atoms with Gasteiger partial charge in [-0.25, -0.2) is 0 Å². The monoisotopic (exact) mass is 333 g/mol. The summed E-state index contributed by atoms with van der Waals surface area (Å²) in [5, 5.41) is 15.4. The van der Waals surface area contributed by atoms with Crippen LogP contribution in [0.2, 0.25) is 0 Å². The Bertz CT molecular complexity index is 663. The number of rotatable bonds is 6. The second-order valence-electron chi connectivity index (χ2n) is 6.11. The summed E-state index contributed by atoms with van der Waals surface area (Å²) in [6.07, 6.45) is 0. The van der Waals surface area contributed by atoms with E-state index in [-0.39, 0.29) is 11.9 Å². The normalized spacial score (nSPS) is 12.4. The van der Waals surface area contributed by atoms with Crippen LogP contribution >= 0.6 is 11.8 Å². The molecule has 0 saturated heterocycles. The maximum Gasteiger partial charge on any atom is 0.230 e. The number of aromatic nitrogens is 4. The summed E-state index contributed by atoms with van der Waals surface area (Å²) in [6.45, 7) is 10.2. The highest BCUT2D eigenvalue weighted by Gasteiger charge is 2.14. The Balaban J connectivity index is 2.05. The molecule has 1 N–H and O–H groups in total. The predicted molar refractivity (Wildman–Crippen MR) is 91.8 cm³/mol. The van der Waals surface area contributed by atoms with Crippen molar-refractivity contribution in [1.82, 2.24) is 25.5 Å². The summed E-state index contributed by atoms with van der Waals surface area (Å²) in [5.41, 5.74) is 3.20. The molecule has 1 aromatic carbocycles. The van der Waals surface area contributed by atoms with Crippen LogP contribution < -0.4 is 5.32 Å². The molecule has 0 radical (unpaired) electrons. The van der Waals surface area contributed by atoms with E-state index in [1.807, 2.05) is 32.9 Å². The zero-order valence-corrected chi connectivity index (χ0v) is 15.0. The fourth-order valence-electron chi connectivity index (χ4n) is 2.10. The van der Waals surface area contributed by atoms with Crippen molar-refractivity contribution in [1.29, 1.82) is 0 Å². The molecule has 0 fully saturated rings. The zero-order valence-electron chi connectivity index (χ0n) is 14.2. The van der Waals surface area contributed by atoms with Crippen LogP contribution in [0.3, 0.4) is 0 Å². The molecule has 23 heavy (non-hydrogen) atoms. The van der Waals surface area contributed by atoms with Crippen molar-refractivity contribution >= 4 is 17.7 Å². The molecule has 0 aliphatic heterocycles. The number of nitrogens with one attached hydrogen (secondary N) is 1. The number of hydrogen-bond acceptors (Lipinski definition) is 5. The molecule has 6 nitrogen and oxygen atoms in total. The van der Waals surface area contributed by atoms with E-state index >= 15 is 0 Å². The van der Waals surface area contributed by atoms with E-state index in [2.05, 4.69) is 40.8 Å². The Morgan fingerprint density at radius 3 is 2.48 bits per heavy atom. The van der Waals surface area contributed by atoms with Gasteiger partial charge in [-0.2, -0.15) is 4.68 Å². The zero-order chi connectivity index (χ0) is 17.0. The molecule has 1 atom stereocenters. The van der Waals surface area contributed by atoms with Crippen molar-refractivity contribution in [2.45, 2.75) is 45.8 Å². The first kappa shape index (κ1) is 17.5. The first-order chi connectivity index (χ1) is 10.9. The topological polar surface area (TPSA) is 72.7 Å². The molecular weight excluding hydrogens is 310 g/mol. The van der Waals surface area contributed by atoms with Crippen LogP contribution in [0.5, 0.6) is 0 Å². The van der Waals surface area contributed by atoms with Gasteiger partial charge in [0.05, 0.1) is 11.4 Å². The van der Waals surface area contributed by atoms with E-state index in [0.29, 0.717) is 16.8 Å². The average Bonchev–Trinajstić information content (AvgIpc) is 2.92. The fraction of sp³-hybridized carbons (Fsp3) is 0.500. The second-order valence-corrected chi connectivity index (χ2v) is 7.05. The van der Waals surface area contributed by atoms with Crippen molar-refractivity contribution in [2.75, 3.05) is 5.75 Å². The predicted octanol–water partition coefficient (Wildman–Crippen LogP) is 2.53. The number of carbonyl (C=O) groups is 1. The van der Waals surface area contributed by atoms with E-state index in [9.17, 15) is 4.79 Å². The van der Waals surface area contributed by atoms with Gasteiger partial charge in [0.1, 0.15) is 0 Å². The first-order valence-electron chi connectivity index (χ1n) is 7.66. The Morgan fingerprint density at radius 1 is 1.22 bits per heavy atom. The van der Waals surface area contributed by atoms with Crippen LogP contribution in [0.15, 0.2) is 23.4 Å². The van der Waals surface area contributed by atoms with Gasteiger partial charge >= 0.3 is 0 Å². The Morgan fingerprint density at radius 2 is 1.87 bits per heavy atom. The summed E-state index contributed by atoms with van der Waals surface area (Å²) in [6, 6.07) is 6.29. The number of aryl methyl sites for hydroxylation is 2. The Labute approximate surface area is 141 Å². The lowest BCUT2D eigenvalue weighted by Gasteiger charge is -2.17. The van der Waals surface area contributed by atoms with Crippen molar-refractivity contribution in [2.24, 2.45) is 5.92 Å². The van der Waals surface area contributed by atoms with Crippen LogP contribution in [0.1, 0.15) is 31.9 Å². The number of tetrazole rings is 1. The molecule has 0 saturated carbocycles. The Hall–Kier alpha value is -1.89. The Kier molecular flexibility index (Phi) is 5.76. The third-order valence-electron chi connectivity index (χ3n) is 3.61. The fourth-order valence-corrected chi connectivity index (χ4v) is 2.80. The van der Waals surface area contributed by atoms with Gasteiger partial charge < -0.3 is 5.32 Å². The lowest BCUT2D eigenvalue weighted by molar-refractivity contribution is -0.119. The molecule has 2 rings (SSSR count). The smallest absolute Gasteiger partial charge is 0.230 e. The summed E-state index contributed by atoms with van der Waals surface area (Å²) in [7, 11) is 0.